The summed E-state index contributed by atoms with van der Waals surface area (Å²) in [6, 6.07) is 1.77. The Bertz CT molecular complexity index is 450. The third kappa shape index (κ3) is 2.69. The molecule has 2 saturated carbocycles. The van der Waals surface area contributed by atoms with Crippen LogP contribution in [0.5, 0.6) is 0 Å². The van der Waals surface area contributed by atoms with Gasteiger partial charge in [0.15, 0.2) is 0 Å². The van der Waals surface area contributed by atoms with Gasteiger partial charge in [0.25, 0.3) is 0 Å². The summed E-state index contributed by atoms with van der Waals surface area (Å²) in [5.74, 6) is 2.70. The Balaban J connectivity index is 1.56. The van der Waals surface area contributed by atoms with Crippen molar-refractivity contribution in [3.63, 3.8) is 0 Å². The summed E-state index contributed by atoms with van der Waals surface area (Å²) >= 11 is 0. The molecule has 0 aromatic carbocycles. The average molecular weight is 273 g/mol. The van der Waals surface area contributed by atoms with Gasteiger partial charge in [-0.1, -0.05) is 19.3 Å². The second-order valence-corrected chi connectivity index (χ2v) is 6.25. The van der Waals surface area contributed by atoms with Crippen LogP contribution < -0.4 is 4.90 Å². The van der Waals surface area contributed by atoms with E-state index in [0.29, 0.717) is 5.95 Å². The first kappa shape index (κ1) is 13.5. The first-order chi connectivity index (χ1) is 9.75. The lowest BCUT2D eigenvalue weighted by Crippen LogP contribution is -2.37. The molecule has 3 rings (SSSR count). The van der Waals surface area contributed by atoms with Gasteiger partial charge in [-0.2, -0.15) is 0 Å². The van der Waals surface area contributed by atoms with Gasteiger partial charge in [-0.25, -0.2) is 9.97 Å². The highest BCUT2D eigenvalue weighted by Gasteiger charge is 2.34. The van der Waals surface area contributed by atoms with E-state index in [9.17, 15) is 4.79 Å². The maximum absolute atomic E-state index is 12.5. The van der Waals surface area contributed by atoms with Gasteiger partial charge in [-0.15, -0.1) is 0 Å². The summed E-state index contributed by atoms with van der Waals surface area (Å²) in [6.07, 6.45) is 12.1. The zero-order valence-electron chi connectivity index (χ0n) is 12.2. The molecule has 2 fully saturated rings. The van der Waals surface area contributed by atoms with Gasteiger partial charge in [0.05, 0.1) is 0 Å². The second-order valence-electron chi connectivity index (χ2n) is 6.25. The summed E-state index contributed by atoms with van der Waals surface area (Å²) < 4.78 is 0. The van der Waals surface area contributed by atoms with Crippen molar-refractivity contribution < 1.29 is 4.79 Å². The summed E-state index contributed by atoms with van der Waals surface area (Å²) in [5, 5.41) is 0. The zero-order valence-corrected chi connectivity index (χ0v) is 12.2. The molecule has 20 heavy (non-hydrogen) atoms. The molecule has 2 aliphatic carbocycles. The number of hydrogen-bond acceptors (Lipinski definition) is 3. The van der Waals surface area contributed by atoms with Crippen molar-refractivity contribution in [2.45, 2.75) is 44.9 Å². The largest absolute Gasteiger partial charge is 0.284 e. The molecule has 0 spiro atoms. The minimum atomic E-state index is 0.167. The molecule has 4 nitrogen and oxygen atoms in total. The lowest BCUT2D eigenvalue weighted by atomic mass is 9.68. The fourth-order valence-electron chi connectivity index (χ4n) is 3.59. The van der Waals surface area contributed by atoms with E-state index in [0.717, 1.165) is 24.7 Å². The van der Waals surface area contributed by atoms with E-state index in [-0.39, 0.29) is 11.8 Å². The van der Waals surface area contributed by atoms with Crippen LogP contribution in [0.3, 0.4) is 0 Å². The number of hydrogen-bond donors (Lipinski definition) is 0. The molecule has 4 heteroatoms. The Labute approximate surface area is 120 Å². The van der Waals surface area contributed by atoms with E-state index in [1.807, 2.05) is 0 Å². The highest BCUT2D eigenvalue weighted by atomic mass is 16.2. The standard InChI is InChI=1S/C16H23N3O/c1-19(16-17-10-3-11-18-16)15(20)14-8-6-13(7-9-14)12-4-2-5-12/h3,10-14H,2,4-9H2,1H3. The molecule has 0 radical (unpaired) electrons. The van der Waals surface area contributed by atoms with Crippen LogP contribution in [0.15, 0.2) is 18.5 Å². The SMILES string of the molecule is CN(C(=O)C1CCC(C2CCC2)CC1)c1ncccn1. The number of anilines is 1. The van der Waals surface area contributed by atoms with Gasteiger partial charge in [0, 0.05) is 25.4 Å². The molecule has 0 saturated heterocycles. The molecule has 0 unspecified atom stereocenters. The van der Waals surface area contributed by atoms with Crippen LogP contribution in [0, 0.1) is 17.8 Å². The first-order valence-electron chi connectivity index (χ1n) is 7.80. The monoisotopic (exact) mass is 273 g/mol. The Hall–Kier alpha value is -1.45. The van der Waals surface area contributed by atoms with Gasteiger partial charge in [0.1, 0.15) is 0 Å². The maximum atomic E-state index is 12.5. The quantitative estimate of drug-likeness (QED) is 0.850. The van der Waals surface area contributed by atoms with Crippen molar-refractivity contribution in [2.24, 2.45) is 17.8 Å². The van der Waals surface area contributed by atoms with Crippen molar-refractivity contribution in [1.82, 2.24) is 9.97 Å². The maximum Gasteiger partial charge on any atom is 0.232 e. The topological polar surface area (TPSA) is 46.1 Å². The number of amides is 1. The van der Waals surface area contributed by atoms with Crippen LogP contribution in [-0.4, -0.2) is 22.9 Å². The van der Waals surface area contributed by atoms with Crippen molar-refractivity contribution in [1.29, 1.82) is 0 Å². The molecule has 0 N–H and O–H groups in total. The molecule has 1 aromatic rings. The molecule has 0 aliphatic heterocycles. The number of nitrogens with zero attached hydrogens (tertiary/aromatic N) is 3. The highest BCUT2D eigenvalue weighted by Crippen LogP contribution is 2.42. The molecule has 0 bridgehead atoms. The number of aromatic nitrogens is 2. The smallest absolute Gasteiger partial charge is 0.232 e. The molecular formula is C16H23N3O. The van der Waals surface area contributed by atoms with Crippen LogP contribution in [0.25, 0.3) is 0 Å². The summed E-state index contributed by atoms with van der Waals surface area (Å²) in [5.41, 5.74) is 0. The predicted molar refractivity (Wildman–Crippen MR) is 78.2 cm³/mol. The Morgan fingerprint density at radius 2 is 1.65 bits per heavy atom. The van der Waals surface area contributed by atoms with Gasteiger partial charge in [-0.3, -0.25) is 9.69 Å². The van der Waals surface area contributed by atoms with E-state index in [1.165, 1.54) is 32.1 Å². The van der Waals surface area contributed by atoms with Crippen molar-refractivity contribution in [3.05, 3.63) is 18.5 Å². The second kappa shape index (κ2) is 5.90. The minimum Gasteiger partial charge on any atom is -0.284 e. The average Bonchev–Trinajstić information content (AvgIpc) is 2.46. The number of rotatable bonds is 3. The molecule has 108 valence electrons. The predicted octanol–water partition coefficient (Wildman–Crippen LogP) is 3.05. The van der Waals surface area contributed by atoms with Crippen LogP contribution in [0.4, 0.5) is 5.95 Å². The normalized spacial score (nSPS) is 26.9. The lowest BCUT2D eigenvalue weighted by molar-refractivity contribution is -0.123. The fourth-order valence-corrected chi connectivity index (χ4v) is 3.59. The van der Waals surface area contributed by atoms with Gasteiger partial charge in [-0.05, 0) is 43.6 Å². The minimum absolute atomic E-state index is 0.167. The molecule has 1 amide bonds. The molecule has 1 aromatic heterocycles. The molecule has 1 heterocycles. The van der Waals surface area contributed by atoms with Crippen LogP contribution in [-0.2, 0) is 4.79 Å². The zero-order chi connectivity index (χ0) is 13.9. The number of carbonyl (C=O) groups excluding carboxylic acids is 1. The third-order valence-electron chi connectivity index (χ3n) is 5.12. The Morgan fingerprint density at radius 1 is 1.05 bits per heavy atom. The summed E-state index contributed by atoms with van der Waals surface area (Å²) in [7, 11) is 1.79. The van der Waals surface area contributed by atoms with Gasteiger partial charge < -0.3 is 0 Å². The van der Waals surface area contributed by atoms with Crippen molar-refractivity contribution in [2.75, 3.05) is 11.9 Å². The Kier molecular flexibility index (Phi) is 3.99. The summed E-state index contributed by atoms with van der Waals surface area (Å²) in [6.45, 7) is 0. The molecule has 2 aliphatic rings. The van der Waals surface area contributed by atoms with E-state index >= 15 is 0 Å². The lowest BCUT2D eigenvalue weighted by Gasteiger charge is -2.38. The van der Waals surface area contributed by atoms with E-state index in [2.05, 4.69) is 9.97 Å². The highest BCUT2D eigenvalue weighted by molar-refractivity contribution is 5.92. The van der Waals surface area contributed by atoms with Crippen molar-refractivity contribution >= 4 is 11.9 Å². The molecular weight excluding hydrogens is 250 g/mol. The summed E-state index contributed by atoms with van der Waals surface area (Å²) in [4.78, 5) is 22.4. The number of carbonyl (C=O) groups is 1. The van der Waals surface area contributed by atoms with Gasteiger partial charge >= 0.3 is 0 Å². The van der Waals surface area contributed by atoms with Crippen molar-refractivity contribution in [3.8, 4) is 0 Å². The van der Waals surface area contributed by atoms with Gasteiger partial charge in [0.2, 0.25) is 11.9 Å². The van der Waals surface area contributed by atoms with E-state index < -0.39 is 0 Å². The first-order valence-corrected chi connectivity index (χ1v) is 7.80. The van der Waals surface area contributed by atoms with E-state index in [4.69, 9.17) is 0 Å². The third-order valence-corrected chi connectivity index (χ3v) is 5.12. The fraction of sp³-hybridized carbons (Fsp3) is 0.688. The molecule has 0 atom stereocenters. The van der Waals surface area contributed by atoms with Crippen LogP contribution in [0.2, 0.25) is 0 Å². The Morgan fingerprint density at radius 3 is 2.20 bits per heavy atom. The van der Waals surface area contributed by atoms with Crippen LogP contribution in [0.1, 0.15) is 44.9 Å². The van der Waals surface area contributed by atoms with E-state index in [1.54, 1.807) is 30.4 Å². The van der Waals surface area contributed by atoms with Crippen LogP contribution >= 0.6 is 0 Å².